The maximum atomic E-state index is 12.3. The second kappa shape index (κ2) is 12.5. The number of aliphatic imine (C=N–C) groups is 1. The lowest BCUT2D eigenvalue weighted by molar-refractivity contribution is -0.149. The molecule has 0 heterocycles. The molecule has 0 bridgehead atoms. The summed E-state index contributed by atoms with van der Waals surface area (Å²) >= 11 is 0. The van der Waals surface area contributed by atoms with E-state index in [1.807, 2.05) is 34.6 Å². The highest BCUT2D eigenvalue weighted by atomic mass is 16.6. The van der Waals surface area contributed by atoms with Crippen molar-refractivity contribution in [2.45, 2.75) is 78.4 Å². The molecule has 29 heavy (non-hydrogen) atoms. The van der Waals surface area contributed by atoms with Gasteiger partial charge in [-0.1, -0.05) is 6.92 Å². The summed E-state index contributed by atoms with van der Waals surface area (Å²) < 4.78 is 10.6. The molecule has 0 atom stereocenters. The molecule has 0 spiro atoms. The second-order valence-electron chi connectivity index (χ2n) is 8.41. The number of esters is 1. The Morgan fingerprint density at radius 3 is 2.28 bits per heavy atom. The van der Waals surface area contributed by atoms with Gasteiger partial charge in [-0.15, -0.1) is 0 Å². The predicted octanol–water partition coefficient (Wildman–Crippen LogP) is 2.92. The standard InChI is InChI=1S/C21H40N4O4/c1-7-14-25(20(27)29-21(3,4)5)15-13-23-19(22-6)24-17-11-9-16(10-12-17)18(26)28-8-2/h16-17H,7-15H2,1-6H3,(H2,22,23,24). The van der Waals surface area contributed by atoms with E-state index in [-0.39, 0.29) is 24.0 Å². The van der Waals surface area contributed by atoms with E-state index in [0.717, 1.165) is 32.1 Å². The third kappa shape index (κ3) is 9.85. The molecule has 1 amide bonds. The molecule has 1 aliphatic rings. The topological polar surface area (TPSA) is 92.3 Å². The van der Waals surface area contributed by atoms with Gasteiger partial charge in [0, 0.05) is 32.7 Å². The van der Waals surface area contributed by atoms with Gasteiger partial charge in [-0.05, 0) is 59.8 Å². The van der Waals surface area contributed by atoms with Crippen LogP contribution in [-0.4, -0.2) is 67.9 Å². The molecule has 0 unspecified atom stereocenters. The van der Waals surface area contributed by atoms with Gasteiger partial charge in [-0.3, -0.25) is 9.79 Å². The Balaban J connectivity index is 2.42. The van der Waals surface area contributed by atoms with E-state index in [2.05, 4.69) is 15.6 Å². The van der Waals surface area contributed by atoms with Crippen LogP contribution >= 0.6 is 0 Å². The summed E-state index contributed by atoms with van der Waals surface area (Å²) in [6.45, 7) is 11.7. The van der Waals surface area contributed by atoms with Crippen molar-refractivity contribution in [3.8, 4) is 0 Å². The summed E-state index contributed by atoms with van der Waals surface area (Å²) in [6.07, 6.45) is 4.05. The van der Waals surface area contributed by atoms with Crippen molar-refractivity contribution in [2.75, 3.05) is 33.3 Å². The van der Waals surface area contributed by atoms with Crippen LogP contribution in [0.15, 0.2) is 4.99 Å². The number of carbonyl (C=O) groups is 2. The Labute approximate surface area is 175 Å². The summed E-state index contributed by atoms with van der Waals surface area (Å²) in [6, 6.07) is 0.282. The van der Waals surface area contributed by atoms with E-state index in [1.165, 1.54) is 0 Å². The maximum absolute atomic E-state index is 12.3. The van der Waals surface area contributed by atoms with Crippen molar-refractivity contribution >= 4 is 18.0 Å². The van der Waals surface area contributed by atoms with Crippen molar-refractivity contribution in [3.05, 3.63) is 0 Å². The smallest absolute Gasteiger partial charge is 0.410 e. The molecule has 0 aromatic rings. The first kappa shape index (κ1) is 25.0. The van der Waals surface area contributed by atoms with Gasteiger partial charge in [0.05, 0.1) is 12.5 Å². The highest BCUT2D eigenvalue weighted by molar-refractivity contribution is 5.80. The van der Waals surface area contributed by atoms with Crippen LogP contribution in [-0.2, 0) is 14.3 Å². The molecule has 0 aromatic carbocycles. The lowest BCUT2D eigenvalue weighted by Gasteiger charge is -2.30. The molecule has 1 fully saturated rings. The van der Waals surface area contributed by atoms with E-state index < -0.39 is 5.60 Å². The van der Waals surface area contributed by atoms with E-state index in [9.17, 15) is 9.59 Å². The number of nitrogens with zero attached hydrogens (tertiary/aromatic N) is 2. The predicted molar refractivity (Wildman–Crippen MR) is 115 cm³/mol. The van der Waals surface area contributed by atoms with Crippen molar-refractivity contribution in [3.63, 3.8) is 0 Å². The third-order valence-corrected chi connectivity index (χ3v) is 4.73. The van der Waals surface area contributed by atoms with Gasteiger partial charge in [-0.25, -0.2) is 4.79 Å². The van der Waals surface area contributed by atoms with Crippen LogP contribution in [0.1, 0.15) is 66.7 Å². The first-order chi connectivity index (χ1) is 13.7. The number of nitrogens with one attached hydrogen (secondary N) is 2. The molecule has 1 saturated carbocycles. The molecule has 2 N–H and O–H groups in total. The number of carbonyl (C=O) groups excluding carboxylic acids is 2. The number of guanidine groups is 1. The number of ether oxygens (including phenoxy) is 2. The van der Waals surface area contributed by atoms with Crippen LogP contribution in [0.4, 0.5) is 4.79 Å². The summed E-state index contributed by atoms with van der Waals surface area (Å²) in [4.78, 5) is 30.2. The quantitative estimate of drug-likeness (QED) is 0.362. The van der Waals surface area contributed by atoms with Gasteiger partial charge in [0.1, 0.15) is 5.60 Å². The fourth-order valence-electron chi connectivity index (χ4n) is 3.32. The van der Waals surface area contributed by atoms with Crippen molar-refractivity contribution in [1.82, 2.24) is 15.5 Å². The Bertz CT molecular complexity index is 537. The summed E-state index contributed by atoms with van der Waals surface area (Å²) in [5, 5.41) is 6.70. The van der Waals surface area contributed by atoms with Crippen LogP contribution in [0.3, 0.4) is 0 Å². The van der Waals surface area contributed by atoms with Gasteiger partial charge < -0.3 is 25.0 Å². The molecule has 0 saturated heterocycles. The average Bonchev–Trinajstić information content (AvgIpc) is 2.65. The minimum atomic E-state index is -0.503. The van der Waals surface area contributed by atoms with Crippen molar-refractivity contribution < 1.29 is 19.1 Å². The Hall–Kier alpha value is -1.99. The molecule has 1 rings (SSSR count). The van der Waals surface area contributed by atoms with Gasteiger partial charge in [0.2, 0.25) is 0 Å². The van der Waals surface area contributed by atoms with Crippen LogP contribution < -0.4 is 10.6 Å². The highest BCUT2D eigenvalue weighted by Gasteiger charge is 2.27. The van der Waals surface area contributed by atoms with Crippen molar-refractivity contribution in [2.24, 2.45) is 10.9 Å². The monoisotopic (exact) mass is 412 g/mol. The number of amides is 1. The maximum Gasteiger partial charge on any atom is 0.410 e. The van der Waals surface area contributed by atoms with Crippen LogP contribution in [0.25, 0.3) is 0 Å². The van der Waals surface area contributed by atoms with E-state index in [4.69, 9.17) is 9.47 Å². The minimum Gasteiger partial charge on any atom is -0.466 e. The Kier molecular flexibility index (Phi) is 10.8. The largest absolute Gasteiger partial charge is 0.466 e. The SMILES string of the molecule is CCCN(CCNC(=NC)NC1CCC(C(=O)OCC)CC1)C(=O)OC(C)(C)C. The lowest BCUT2D eigenvalue weighted by Crippen LogP contribution is -2.48. The molecular formula is C21H40N4O4. The fraction of sp³-hybridized carbons (Fsp3) is 0.857. The van der Waals surface area contributed by atoms with Crippen molar-refractivity contribution in [1.29, 1.82) is 0 Å². The lowest BCUT2D eigenvalue weighted by atomic mass is 9.86. The van der Waals surface area contributed by atoms with Crippen LogP contribution in [0.2, 0.25) is 0 Å². The first-order valence-corrected chi connectivity index (χ1v) is 10.8. The Morgan fingerprint density at radius 1 is 1.10 bits per heavy atom. The molecule has 8 nitrogen and oxygen atoms in total. The summed E-state index contributed by atoms with van der Waals surface area (Å²) in [5.41, 5.74) is -0.503. The first-order valence-electron chi connectivity index (χ1n) is 10.8. The van der Waals surface area contributed by atoms with Gasteiger partial charge in [0.25, 0.3) is 0 Å². The molecular weight excluding hydrogens is 372 g/mol. The van der Waals surface area contributed by atoms with Gasteiger partial charge in [-0.2, -0.15) is 0 Å². The highest BCUT2D eigenvalue weighted by Crippen LogP contribution is 2.25. The zero-order valence-corrected chi connectivity index (χ0v) is 19.0. The zero-order valence-electron chi connectivity index (χ0n) is 19.0. The van der Waals surface area contributed by atoms with Gasteiger partial charge in [0.15, 0.2) is 5.96 Å². The second-order valence-corrected chi connectivity index (χ2v) is 8.41. The molecule has 1 aliphatic carbocycles. The number of hydrogen-bond donors (Lipinski definition) is 2. The van der Waals surface area contributed by atoms with E-state index in [1.54, 1.807) is 11.9 Å². The summed E-state index contributed by atoms with van der Waals surface area (Å²) in [7, 11) is 1.73. The number of rotatable bonds is 8. The Morgan fingerprint density at radius 2 is 1.76 bits per heavy atom. The molecule has 0 aromatic heterocycles. The fourth-order valence-corrected chi connectivity index (χ4v) is 3.32. The molecule has 168 valence electrons. The third-order valence-electron chi connectivity index (χ3n) is 4.73. The zero-order chi connectivity index (χ0) is 21.9. The van der Waals surface area contributed by atoms with Crippen LogP contribution in [0, 0.1) is 5.92 Å². The normalized spacial score (nSPS) is 20.0. The number of hydrogen-bond acceptors (Lipinski definition) is 5. The van der Waals surface area contributed by atoms with E-state index in [0.29, 0.717) is 32.2 Å². The minimum absolute atomic E-state index is 0.0133. The molecule has 0 aliphatic heterocycles. The summed E-state index contributed by atoms with van der Waals surface area (Å²) in [5.74, 6) is 0.649. The molecule has 8 heteroatoms. The van der Waals surface area contributed by atoms with Gasteiger partial charge >= 0.3 is 12.1 Å². The average molecular weight is 413 g/mol. The molecule has 0 radical (unpaired) electrons. The van der Waals surface area contributed by atoms with E-state index >= 15 is 0 Å². The van der Waals surface area contributed by atoms with Crippen LogP contribution in [0.5, 0.6) is 0 Å².